The van der Waals surface area contributed by atoms with Crippen LogP contribution in [-0.4, -0.2) is 29.9 Å². The third-order valence-electron chi connectivity index (χ3n) is 4.08. The second-order valence-corrected chi connectivity index (χ2v) is 5.43. The van der Waals surface area contributed by atoms with Gasteiger partial charge in [-0.2, -0.15) is 0 Å². The maximum absolute atomic E-state index is 10.6. The highest BCUT2D eigenvalue weighted by Crippen LogP contribution is 2.34. The second-order valence-electron chi connectivity index (χ2n) is 5.43. The van der Waals surface area contributed by atoms with Crippen LogP contribution in [0.2, 0.25) is 0 Å². The minimum atomic E-state index is -0.643. The van der Waals surface area contributed by atoms with Gasteiger partial charge in [-0.25, -0.2) is 0 Å². The van der Waals surface area contributed by atoms with Gasteiger partial charge in [-0.3, -0.25) is 4.98 Å². The lowest BCUT2D eigenvalue weighted by Crippen LogP contribution is -2.31. The first-order valence-corrected chi connectivity index (χ1v) is 7.54. The molecule has 112 valence electrons. The van der Waals surface area contributed by atoms with Crippen LogP contribution in [0.15, 0.2) is 18.5 Å². The van der Waals surface area contributed by atoms with Gasteiger partial charge < -0.3 is 14.6 Å². The molecule has 2 unspecified atom stereocenters. The highest BCUT2D eigenvalue weighted by molar-refractivity contribution is 5.26. The Hall–Kier alpha value is -1.13. The Balaban J connectivity index is 2.10. The van der Waals surface area contributed by atoms with E-state index in [4.69, 9.17) is 9.47 Å². The van der Waals surface area contributed by atoms with Crippen molar-refractivity contribution in [1.82, 2.24) is 4.98 Å². The van der Waals surface area contributed by atoms with Gasteiger partial charge in [0, 0.05) is 18.9 Å². The predicted molar refractivity (Wildman–Crippen MR) is 77.7 cm³/mol. The van der Waals surface area contributed by atoms with Crippen molar-refractivity contribution in [1.29, 1.82) is 0 Å². The molecule has 1 aliphatic rings. The average molecular weight is 279 g/mol. The lowest BCUT2D eigenvalue weighted by Gasteiger charge is -2.32. The molecule has 1 aliphatic carbocycles. The number of pyridine rings is 1. The molecule has 0 saturated heterocycles. The molecule has 0 amide bonds. The molecule has 0 radical (unpaired) electrons. The lowest BCUT2D eigenvalue weighted by molar-refractivity contribution is -0.0561. The van der Waals surface area contributed by atoms with Gasteiger partial charge in [0.15, 0.2) is 0 Å². The number of nitrogens with zero attached hydrogens (tertiary/aromatic N) is 1. The van der Waals surface area contributed by atoms with Crippen LogP contribution in [-0.2, 0) is 4.74 Å². The molecule has 4 heteroatoms. The van der Waals surface area contributed by atoms with Gasteiger partial charge in [0.1, 0.15) is 11.9 Å². The zero-order valence-corrected chi connectivity index (χ0v) is 12.4. The summed E-state index contributed by atoms with van der Waals surface area (Å²) in [6.07, 6.45) is 8.59. The molecule has 1 fully saturated rings. The summed E-state index contributed by atoms with van der Waals surface area (Å²) in [5.41, 5.74) is 0.772. The van der Waals surface area contributed by atoms with Gasteiger partial charge in [0.25, 0.3) is 0 Å². The van der Waals surface area contributed by atoms with Gasteiger partial charge in [-0.15, -0.1) is 0 Å². The summed E-state index contributed by atoms with van der Waals surface area (Å²) in [5.74, 6) is 1.13. The molecular weight excluding hydrogens is 254 g/mol. The third kappa shape index (κ3) is 3.70. The molecule has 1 aromatic rings. The minimum Gasteiger partial charge on any atom is -0.492 e. The van der Waals surface area contributed by atoms with Crippen LogP contribution < -0.4 is 4.74 Å². The summed E-state index contributed by atoms with van der Waals surface area (Å²) in [6.45, 7) is 2.53. The Morgan fingerprint density at radius 2 is 2.05 bits per heavy atom. The first-order valence-electron chi connectivity index (χ1n) is 7.54. The van der Waals surface area contributed by atoms with Crippen molar-refractivity contribution in [3.63, 3.8) is 0 Å². The molecule has 0 aliphatic heterocycles. The SMILES string of the molecule is CCOc1cncc(C(O)C(OC)C2CCCCC2)c1. The molecule has 1 N–H and O–H groups in total. The molecule has 0 bridgehead atoms. The summed E-state index contributed by atoms with van der Waals surface area (Å²) in [4.78, 5) is 4.15. The van der Waals surface area contributed by atoms with Gasteiger partial charge >= 0.3 is 0 Å². The van der Waals surface area contributed by atoms with Crippen molar-refractivity contribution in [2.75, 3.05) is 13.7 Å². The zero-order valence-electron chi connectivity index (χ0n) is 12.4. The Labute approximate surface area is 121 Å². The number of hydrogen-bond donors (Lipinski definition) is 1. The summed E-state index contributed by atoms with van der Waals surface area (Å²) in [6, 6.07) is 1.86. The zero-order chi connectivity index (χ0) is 14.4. The maximum Gasteiger partial charge on any atom is 0.137 e. The van der Waals surface area contributed by atoms with Crippen LogP contribution in [0.1, 0.15) is 50.7 Å². The van der Waals surface area contributed by atoms with Crippen molar-refractivity contribution in [3.05, 3.63) is 24.0 Å². The number of aliphatic hydroxyl groups excluding tert-OH is 1. The molecule has 1 aromatic heterocycles. The summed E-state index contributed by atoms with van der Waals surface area (Å²) < 4.78 is 11.0. The van der Waals surface area contributed by atoms with Crippen LogP contribution in [0.4, 0.5) is 0 Å². The van der Waals surface area contributed by atoms with Crippen molar-refractivity contribution in [2.45, 2.75) is 51.2 Å². The maximum atomic E-state index is 10.6. The minimum absolute atomic E-state index is 0.158. The number of methoxy groups -OCH3 is 1. The Morgan fingerprint density at radius 1 is 1.30 bits per heavy atom. The van der Waals surface area contributed by atoms with Crippen LogP contribution in [0.5, 0.6) is 5.75 Å². The summed E-state index contributed by atoms with van der Waals surface area (Å²) in [5, 5.41) is 10.6. The standard InChI is InChI=1S/C16H25NO3/c1-3-20-14-9-13(10-17-11-14)15(18)16(19-2)12-7-5-4-6-8-12/h9-12,15-16,18H,3-8H2,1-2H3. The molecule has 4 nitrogen and oxygen atoms in total. The van der Waals surface area contributed by atoms with E-state index in [1.807, 2.05) is 13.0 Å². The largest absolute Gasteiger partial charge is 0.492 e. The topological polar surface area (TPSA) is 51.6 Å². The van der Waals surface area contributed by atoms with E-state index >= 15 is 0 Å². The van der Waals surface area contributed by atoms with Crippen molar-refractivity contribution >= 4 is 0 Å². The molecular formula is C16H25NO3. The molecule has 20 heavy (non-hydrogen) atoms. The van der Waals surface area contributed by atoms with Crippen LogP contribution in [0, 0.1) is 5.92 Å². The second kappa shape index (κ2) is 7.60. The van der Waals surface area contributed by atoms with E-state index in [9.17, 15) is 5.11 Å². The van der Waals surface area contributed by atoms with Crippen molar-refractivity contribution < 1.29 is 14.6 Å². The molecule has 0 aromatic carbocycles. The van der Waals surface area contributed by atoms with E-state index in [1.165, 1.54) is 19.3 Å². The molecule has 2 atom stereocenters. The third-order valence-corrected chi connectivity index (χ3v) is 4.08. The number of aliphatic hydroxyl groups is 1. The molecule has 0 spiro atoms. The van der Waals surface area contributed by atoms with Crippen molar-refractivity contribution in [3.8, 4) is 5.75 Å². The monoisotopic (exact) mass is 279 g/mol. The first-order chi connectivity index (χ1) is 9.76. The van der Waals surface area contributed by atoms with Gasteiger partial charge in [-0.1, -0.05) is 19.3 Å². The smallest absolute Gasteiger partial charge is 0.137 e. The van der Waals surface area contributed by atoms with Crippen molar-refractivity contribution in [2.24, 2.45) is 5.92 Å². The van der Waals surface area contributed by atoms with Crippen LogP contribution >= 0.6 is 0 Å². The lowest BCUT2D eigenvalue weighted by atomic mass is 9.82. The molecule has 2 rings (SSSR count). The quantitative estimate of drug-likeness (QED) is 0.869. The Kier molecular flexibility index (Phi) is 5.80. The number of rotatable bonds is 6. The fourth-order valence-corrected chi connectivity index (χ4v) is 3.07. The van der Waals surface area contributed by atoms with E-state index in [0.717, 1.165) is 18.4 Å². The number of ether oxygens (including phenoxy) is 2. The Morgan fingerprint density at radius 3 is 2.70 bits per heavy atom. The Bertz CT molecular complexity index is 404. The van der Waals surface area contributed by atoms with Gasteiger partial charge in [0.2, 0.25) is 0 Å². The van der Waals surface area contributed by atoms with Crippen LogP contribution in [0.25, 0.3) is 0 Å². The van der Waals surface area contributed by atoms with E-state index < -0.39 is 6.10 Å². The van der Waals surface area contributed by atoms with Crippen LogP contribution in [0.3, 0.4) is 0 Å². The number of hydrogen-bond acceptors (Lipinski definition) is 4. The van der Waals surface area contributed by atoms with E-state index in [0.29, 0.717) is 18.3 Å². The highest BCUT2D eigenvalue weighted by atomic mass is 16.5. The summed E-state index contributed by atoms with van der Waals surface area (Å²) in [7, 11) is 1.68. The fraction of sp³-hybridized carbons (Fsp3) is 0.688. The molecule has 1 heterocycles. The fourth-order valence-electron chi connectivity index (χ4n) is 3.07. The predicted octanol–water partition coefficient (Wildman–Crippen LogP) is 3.11. The molecule has 1 saturated carbocycles. The van der Waals surface area contributed by atoms with E-state index in [1.54, 1.807) is 19.5 Å². The summed E-state index contributed by atoms with van der Waals surface area (Å²) >= 11 is 0. The van der Waals surface area contributed by atoms with E-state index in [2.05, 4.69) is 4.98 Å². The average Bonchev–Trinajstić information content (AvgIpc) is 2.50. The number of aromatic nitrogens is 1. The normalized spacial score (nSPS) is 19.6. The highest BCUT2D eigenvalue weighted by Gasteiger charge is 2.30. The van der Waals surface area contributed by atoms with Gasteiger partial charge in [-0.05, 0) is 31.7 Å². The van der Waals surface area contributed by atoms with E-state index in [-0.39, 0.29) is 6.10 Å². The first kappa shape index (κ1) is 15.3. The van der Waals surface area contributed by atoms with Gasteiger partial charge in [0.05, 0.1) is 18.9 Å².